The van der Waals surface area contributed by atoms with Crippen molar-refractivity contribution < 1.29 is 0 Å². The van der Waals surface area contributed by atoms with Gasteiger partial charge < -0.3 is 0 Å². The Morgan fingerprint density at radius 2 is 2.00 bits per heavy atom. The molecule has 56 valence electrons. The Bertz CT molecular complexity index is 69.3. The third-order valence-corrected chi connectivity index (χ3v) is 1.90. The fourth-order valence-electron chi connectivity index (χ4n) is 0.587. The lowest BCUT2D eigenvalue weighted by molar-refractivity contribution is 0.316. The van der Waals surface area contributed by atoms with Crippen molar-refractivity contribution in [3.8, 4) is 0 Å². The van der Waals surface area contributed by atoms with Crippen molar-refractivity contribution in [2.75, 3.05) is 6.54 Å². The number of nitrogens with one attached hydrogen (secondary N) is 1. The Kier molecular flexibility index (Phi) is 3.82. The highest BCUT2D eigenvalue weighted by Crippen LogP contribution is 2.22. The van der Waals surface area contributed by atoms with Crippen LogP contribution in [0.15, 0.2) is 0 Å². The molecule has 0 atom stereocenters. The highest BCUT2D eigenvalue weighted by atomic mass is 15.2. The molecule has 0 aliphatic heterocycles. The first-order valence-electron chi connectivity index (χ1n) is 3.56. The molecule has 3 N–H and O–H groups in total. The molecule has 0 saturated heterocycles. The van der Waals surface area contributed by atoms with Crippen molar-refractivity contribution >= 4 is 0 Å². The molecular formula is C7H18N2. The number of rotatable bonds is 4. The lowest BCUT2D eigenvalue weighted by Gasteiger charge is -2.21. The molecule has 0 aliphatic rings. The maximum Gasteiger partial charge on any atom is 0.0102 e. The maximum absolute atomic E-state index is 5.14. The minimum absolute atomic E-state index is 0.451. The van der Waals surface area contributed by atoms with Gasteiger partial charge in [0.25, 0.3) is 0 Å². The van der Waals surface area contributed by atoms with Crippen LogP contribution in [0.25, 0.3) is 0 Å². The van der Waals surface area contributed by atoms with Gasteiger partial charge in [-0.3, -0.25) is 11.3 Å². The topological polar surface area (TPSA) is 38.0 Å². The van der Waals surface area contributed by atoms with Gasteiger partial charge in [0, 0.05) is 6.54 Å². The van der Waals surface area contributed by atoms with Gasteiger partial charge >= 0.3 is 0 Å². The van der Waals surface area contributed by atoms with Crippen molar-refractivity contribution in [1.82, 2.24) is 5.43 Å². The quantitative estimate of drug-likeness (QED) is 0.444. The standard InChI is InChI=1S/C7H18N2/c1-4-7(2,3)5-6-9-8/h9H,4-6,8H2,1-3H3. The smallest absolute Gasteiger partial charge is 0.0102 e. The van der Waals surface area contributed by atoms with Crippen molar-refractivity contribution in [2.24, 2.45) is 11.3 Å². The molecular weight excluding hydrogens is 112 g/mol. The molecule has 0 aromatic rings. The van der Waals surface area contributed by atoms with E-state index in [0.717, 1.165) is 13.0 Å². The van der Waals surface area contributed by atoms with E-state index in [4.69, 9.17) is 5.84 Å². The molecule has 0 spiro atoms. The van der Waals surface area contributed by atoms with Crippen LogP contribution in [-0.2, 0) is 0 Å². The van der Waals surface area contributed by atoms with Gasteiger partial charge in [0.2, 0.25) is 0 Å². The van der Waals surface area contributed by atoms with Crippen LogP contribution in [0, 0.1) is 5.41 Å². The van der Waals surface area contributed by atoms with E-state index in [1.165, 1.54) is 6.42 Å². The summed E-state index contributed by atoms with van der Waals surface area (Å²) in [4.78, 5) is 0. The van der Waals surface area contributed by atoms with Crippen molar-refractivity contribution in [3.63, 3.8) is 0 Å². The van der Waals surface area contributed by atoms with Crippen LogP contribution < -0.4 is 11.3 Å². The van der Waals surface area contributed by atoms with Crippen LogP contribution in [0.4, 0.5) is 0 Å². The second-order valence-electron chi connectivity index (χ2n) is 3.22. The third-order valence-electron chi connectivity index (χ3n) is 1.90. The summed E-state index contributed by atoms with van der Waals surface area (Å²) in [7, 11) is 0. The second-order valence-corrected chi connectivity index (χ2v) is 3.22. The first-order chi connectivity index (χ1) is 4.12. The normalized spacial score (nSPS) is 12.0. The van der Waals surface area contributed by atoms with E-state index >= 15 is 0 Å². The molecule has 0 unspecified atom stereocenters. The summed E-state index contributed by atoms with van der Waals surface area (Å²) < 4.78 is 0. The van der Waals surface area contributed by atoms with Gasteiger partial charge in [-0.1, -0.05) is 27.2 Å². The van der Waals surface area contributed by atoms with Crippen LogP contribution in [0.3, 0.4) is 0 Å². The molecule has 0 fully saturated rings. The second kappa shape index (κ2) is 3.85. The third kappa shape index (κ3) is 4.43. The summed E-state index contributed by atoms with van der Waals surface area (Å²) in [5.74, 6) is 5.14. The monoisotopic (exact) mass is 130 g/mol. The number of nitrogens with two attached hydrogens (primary N) is 1. The van der Waals surface area contributed by atoms with Gasteiger partial charge in [0.05, 0.1) is 0 Å². The van der Waals surface area contributed by atoms with Crippen molar-refractivity contribution in [3.05, 3.63) is 0 Å². The predicted octanol–water partition coefficient (Wildman–Crippen LogP) is 1.28. The molecule has 0 aliphatic carbocycles. The zero-order valence-corrected chi connectivity index (χ0v) is 6.70. The lowest BCUT2D eigenvalue weighted by atomic mass is 9.87. The Labute approximate surface area is 57.8 Å². The molecule has 0 heterocycles. The molecule has 0 rings (SSSR count). The summed E-state index contributed by atoms with van der Waals surface area (Å²) in [5, 5.41) is 0. The first kappa shape index (κ1) is 8.92. The molecule has 0 amide bonds. The van der Waals surface area contributed by atoms with Crippen LogP contribution >= 0.6 is 0 Å². The molecule has 2 heteroatoms. The summed E-state index contributed by atoms with van der Waals surface area (Å²) in [5.41, 5.74) is 3.11. The van der Waals surface area contributed by atoms with Gasteiger partial charge in [-0.15, -0.1) is 0 Å². The van der Waals surface area contributed by atoms with Gasteiger partial charge in [-0.05, 0) is 11.8 Å². The van der Waals surface area contributed by atoms with E-state index in [-0.39, 0.29) is 0 Å². The van der Waals surface area contributed by atoms with Gasteiger partial charge in [-0.25, -0.2) is 0 Å². The van der Waals surface area contributed by atoms with Gasteiger partial charge in [0.15, 0.2) is 0 Å². The summed E-state index contributed by atoms with van der Waals surface area (Å²) in [6.45, 7) is 7.63. The molecule has 9 heavy (non-hydrogen) atoms. The first-order valence-corrected chi connectivity index (χ1v) is 3.56. The summed E-state index contributed by atoms with van der Waals surface area (Å²) in [6, 6.07) is 0. The lowest BCUT2D eigenvalue weighted by Crippen LogP contribution is -2.27. The minimum Gasteiger partial charge on any atom is -0.271 e. The van der Waals surface area contributed by atoms with E-state index in [0.29, 0.717) is 5.41 Å². The van der Waals surface area contributed by atoms with E-state index in [1.54, 1.807) is 0 Å². The zero-order chi connectivity index (χ0) is 7.33. The van der Waals surface area contributed by atoms with Crippen molar-refractivity contribution in [2.45, 2.75) is 33.6 Å². The summed E-state index contributed by atoms with van der Waals surface area (Å²) >= 11 is 0. The largest absolute Gasteiger partial charge is 0.271 e. The molecule has 0 radical (unpaired) electrons. The fourth-order valence-corrected chi connectivity index (χ4v) is 0.587. The minimum atomic E-state index is 0.451. The SMILES string of the molecule is CCC(C)(C)CCNN. The van der Waals surface area contributed by atoms with E-state index in [9.17, 15) is 0 Å². The average Bonchev–Trinajstić information content (AvgIpc) is 1.84. The molecule has 0 bridgehead atoms. The Balaban J connectivity index is 3.33. The van der Waals surface area contributed by atoms with Crippen LogP contribution in [0.1, 0.15) is 33.6 Å². The van der Waals surface area contributed by atoms with Gasteiger partial charge in [0.1, 0.15) is 0 Å². The molecule has 0 aromatic carbocycles. The maximum atomic E-state index is 5.14. The zero-order valence-electron chi connectivity index (χ0n) is 6.70. The molecule has 0 aromatic heterocycles. The van der Waals surface area contributed by atoms with E-state index in [1.807, 2.05) is 0 Å². The molecule has 0 saturated carbocycles. The Morgan fingerprint density at radius 3 is 2.33 bits per heavy atom. The Hall–Kier alpha value is -0.0800. The van der Waals surface area contributed by atoms with E-state index < -0.39 is 0 Å². The number of hydrogen-bond donors (Lipinski definition) is 2. The van der Waals surface area contributed by atoms with Crippen LogP contribution in [0.2, 0.25) is 0 Å². The highest BCUT2D eigenvalue weighted by molar-refractivity contribution is 4.66. The summed E-state index contributed by atoms with van der Waals surface area (Å²) in [6.07, 6.45) is 2.37. The fraction of sp³-hybridized carbons (Fsp3) is 1.00. The Morgan fingerprint density at radius 1 is 1.44 bits per heavy atom. The average molecular weight is 130 g/mol. The van der Waals surface area contributed by atoms with E-state index in [2.05, 4.69) is 26.2 Å². The van der Waals surface area contributed by atoms with Gasteiger partial charge in [-0.2, -0.15) is 0 Å². The number of hydrogen-bond acceptors (Lipinski definition) is 2. The predicted molar refractivity (Wildman–Crippen MR) is 40.9 cm³/mol. The van der Waals surface area contributed by atoms with Crippen LogP contribution in [0.5, 0.6) is 0 Å². The number of hydrazine groups is 1. The van der Waals surface area contributed by atoms with Crippen LogP contribution in [-0.4, -0.2) is 6.54 Å². The van der Waals surface area contributed by atoms with Crippen molar-refractivity contribution in [1.29, 1.82) is 0 Å². The molecule has 2 nitrogen and oxygen atoms in total. The highest BCUT2D eigenvalue weighted by Gasteiger charge is 2.12.